The molecule has 0 radical (unpaired) electrons. The average molecular weight is 337 g/mol. The molecule has 0 aliphatic heterocycles. The average Bonchev–Trinajstić information content (AvgIpc) is 2.96. The lowest BCUT2D eigenvalue weighted by atomic mass is 10.3. The first kappa shape index (κ1) is 16.6. The molecule has 3 rings (SSSR count). The summed E-state index contributed by atoms with van der Waals surface area (Å²) >= 11 is 0. The molecule has 0 fully saturated rings. The van der Waals surface area contributed by atoms with E-state index in [9.17, 15) is 4.79 Å². The zero-order chi connectivity index (χ0) is 17.8. The fourth-order valence-corrected chi connectivity index (χ4v) is 2.22. The van der Waals surface area contributed by atoms with Gasteiger partial charge in [0.2, 0.25) is 11.8 Å². The van der Waals surface area contributed by atoms with Gasteiger partial charge in [-0.2, -0.15) is 0 Å². The summed E-state index contributed by atoms with van der Waals surface area (Å²) in [6.07, 6.45) is 3.62. The number of rotatable bonds is 5. The maximum atomic E-state index is 11.4. The second-order valence-corrected chi connectivity index (χ2v) is 5.53. The minimum absolute atomic E-state index is 0.0277. The van der Waals surface area contributed by atoms with E-state index in [1.54, 1.807) is 36.7 Å². The van der Waals surface area contributed by atoms with E-state index in [2.05, 4.69) is 20.3 Å². The number of aromatic nitrogens is 4. The van der Waals surface area contributed by atoms with Crippen LogP contribution in [0.25, 0.3) is 5.82 Å². The predicted molar refractivity (Wildman–Crippen MR) is 94.1 cm³/mol. The summed E-state index contributed by atoms with van der Waals surface area (Å²) in [6.45, 7) is 5.74. The van der Waals surface area contributed by atoms with Gasteiger partial charge in [-0.15, -0.1) is 0 Å². The Morgan fingerprint density at radius 2 is 1.92 bits per heavy atom. The number of imidazole rings is 1. The molecule has 0 saturated carbocycles. The highest BCUT2D eigenvalue weighted by Crippen LogP contribution is 2.23. The van der Waals surface area contributed by atoms with Crippen molar-refractivity contribution >= 4 is 11.6 Å². The van der Waals surface area contributed by atoms with E-state index >= 15 is 0 Å². The van der Waals surface area contributed by atoms with E-state index in [0.29, 0.717) is 23.9 Å². The Morgan fingerprint density at radius 3 is 2.56 bits per heavy atom. The van der Waals surface area contributed by atoms with Crippen molar-refractivity contribution < 1.29 is 9.53 Å². The van der Waals surface area contributed by atoms with Crippen molar-refractivity contribution in [3.8, 4) is 17.4 Å². The van der Waals surface area contributed by atoms with Gasteiger partial charge in [-0.1, -0.05) is 6.92 Å². The number of benzene rings is 1. The standard InChI is InChI=1S/C18H19N5O2/c1-4-17(24)22-14-5-7-15(8-6-14)25-18-9-16(19-10-20-18)23-11-21-12(2)13(23)3/h5-11H,4H2,1-3H3,(H,22,24). The van der Waals surface area contributed by atoms with Gasteiger partial charge in [0.15, 0.2) is 0 Å². The Bertz CT molecular complexity index is 887. The Hall–Kier alpha value is -3.22. The van der Waals surface area contributed by atoms with Gasteiger partial charge in [0, 0.05) is 23.9 Å². The quantitative estimate of drug-likeness (QED) is 0.771. The Balaban J connectivity index is 1.76. The molecule has 1 N–H and O–H groups in total. The van der Waals surface area contributed by atoms with E-state index < -0.39 is 0 Å². The number of nitrogens with zero attached hydrogens (tertiary/aromatic N) is 4. The first-order chi connectivity index (χ1) is 12.1. The van der Waals surface area contributed by atoms with E-state index in [1.807, 2.05) is 25.3 Å². The van der Waals surface area contributed by atoms with Gasteiger partial charge >= 0.3 is 0 Å². The van der Waals surface area contributed by atoms with Crippen LogP contribution in [-0.2, 0) is 4.79 Å². The SMILES string of the molecule is CCC(=O)Nc1ccc(Oc2cc(-n3cnc(C)c3C)ncn2)cc1. The first-order valence-corrected chi connectivity index (χ1v) is 7.97. The minimum Gasteiger partial charge on any atom is -0.439 e. The number of hydrogen-bond donors (Lipinski definition) is 1. The zero-order valence-electron chi connectivity index (χ0n) is 14.4. The molecule has 0 spiro atoms. The lowest BCUT2D eigenvalue weighted by molar-refractivity contribution is -0.115. The maximum absolute atomic E-state index is 11.4. The van der Waals surface area contributed by atoms with Crippen LogP contribution in [0.1, 0.15) is 24.7 Å². The van der Waals surface area contributed by atoms with Crippen LogP contribution in [0.3, 0.4) is 0 Å². The molecule has 25 heavy (non-hydrogen) atoms. The van der Waals surface area contributed by atoms with Gasteiger partial charge in [-0.25, -0.2) is 15.0 Å². The first-order valence-electron chi connectivity index (χ1n) is 7.97. The summed E-state index contributed by atoms with van der Waals surface area (Å²) in [7, 11) is 0. The Kier molecular flexibility index (Phi) is 4.74. The van der Waals surface area contributed by atoms with Crippen LogP contribution in [0.15, 0.2) is 43.0 Å². The minimum atomic E-state index is -0.0277. The molecule has 0 saturated heterocycles. The van der Waals surface area contributed by atoms with Gasteiger partial charge in [0.1, 0.15) is 24.2 Å². The van der Waals surface area contributed by atoms with E-state index in [1.165, 1.54) is 6.33 Å². The number of carbonyl (C=O) groups is 1. The van der Waals surface area contributed by atoms with Gasteiger partial charge in [0.05, 0.1) is 5.69 Å². The smallest absolute Gasteiger partial charge is 0.224 e. The fraction of sp³-hybridized carbons (Fsp3) is 0.222. The molecule has 7 heteroatoms. The van der Waals surface area contributed by atoms with Crippen molar-refractivity contribution in [1.82, 2.24) is 19.5 Å². The molecule has 128 valence electrons. The van der Waals surface area contributed by atoms with Crippen molar-refractivity contribution in [2.45, 2.75) is 27.2 Å². The van der Waals surface area contributed by atoms with Crippen molar-refractivity contribution in [2.24, 2.45) is 0 Å². The molecule has 0 bridgehead atoms. The molecule has 0 aliphatic carbocycles. The number of anilines is 1. The van der Waals surface area contributed by atoms with Crippen LogP contribution in [0.2, 0.25) is 0 Å². The number of carbonyl (C=O) groups excluding carboxylic acids is 1. The van der Waals surface area contributed by atoms with E-state index in [0.717, 1.165) is 17.1 Å². The molecule has 1 amide bonds. The lowest BCUT2D eigenvalue weighted by Gasteiger charge is -2.09. The Morgan fingerprint density at radius 1 is 1.16 bits per heavy atom. The lowest BCUT2D eigenvalue weighted by Crippen LogP contribution is -2.09. The van der Waals surface area contributed by atoms with Crippen LogP contribution in [0.4, 0.5) is 5.69 Å². The molecule has 1 aromatic carbocycles. The third-order valence-electron chi connectivity index (χ3n) is 3.81. The number of aryl methyl sites for hydroxylation is 1. The van der Waals surface area contributed by atoms with Crippen molar-refractivity contribution in [2.75, 3.05) is 5.32 Å². The third kappa shape index (κ3) is 3.82. The zero-order valence-corrected chi connectivity index (χ0v) is 14.4. The summed E-state index contributed by atoms with van der Waals surface area (Å²) in [5.74, 6) is 1.72. The highest BCUT2D eigenvalue weighted by atomic mass is 16.5. The largest absolute Gasteiger partial charge is 0.439 e. The Labute approximate surface area is 145 Å². The van der Waals surface area contributed by atoms with Crippen molar-refractivity contribution in [3.05, 3.63) is 54.4 Å². The molecule has 3 aromatic rings. The van der Waals surface area contributed by atoms with Crippen LogP contribution < -0.4 is 10.1 Å². The number of hydrogen-bond acceptors (Lipinski definition) is 5. The predicted octanol–water partition coefficient (Wildman–Crippen LogP) is 3.42. The van der Waals surface area contributed by atoms with Crippen molar-refractivity contribution in [1.29, 1.82) is 0 Å². The third-order valence-corrected chi connectivity index (χ3v) is 3.81. The maximum Gasteiger partial charge on any atom is 0.224 e. The second-order valence-electron chi connectivity index (χ2n) is 5.53. The topological polar surface area (TPSA) is 81.9 Å². The molecule has 2 heterocycles. The van der Waals surface area contributed by atoms with Crippen molar-refractivity contribution in [3.63, 3.8) is 0 Å². The van der Waals surface area contributed by atoms with E-state index in [-0.39, 0.29) is 5.91 Å². The van der Waals surface area contributed by atoms with Gasteiger partial charge in [0.25, 0.3) is 0 Å². The molecule has 2 aromatic heterocycles. The molecule has 0 atom stereocenters. The van der Waals surface area contributed by atoms with Gasteiger partial charge in [-0.3, -0.25) is 9.36 Å². The van der Waals surface area contributed by atoms with Crippen LogP contribution in [-0.4, -0.2) is 25.4 Å². The normalized spacial score (nSPS) is 10.5. The molecular formula is C18H19N5O2. The van der Waals surface area contributed by atoms with Gasteiger partial charge in [-0.05, 0) is 38.1 Å². The summed E-state index contributed by atoms with van der Waals surface area (Å²) in [6, 6.07) is 8.88. The molecular weight excluding hydrogens is 318 g/mol. The summed E-state index contributed by atoms with van der Waals surface area (Å²) < 4.78 is 7.66. The van der Waals surface area contributed by atoms with Crippen LogP contribution in [0.5, 0.6) is 11.6 Å². The summed E-state index contributed by atoms with van der Waals surface area (Å²) in [4.78, 5) is 24.1. The monoisotopic (exact) mass is 337 g/mol. The fourth-order valence-electron chi connectivity index (χ4n) is 2.22. The number of nitrogens with one attached hydrogen (secondary N) is 1. The summed E-state index contributed by atoms with van der Waals surface area (Å²) in [5, 5.41) is 2.79. The second kappa shape index (κ2) is 7.12. The number of ether oxygens (including phenoxy) is 1. The van der Waals surface area contributed by atoms with Gasteiger partial charge < -0.3 is 10.1 Å². The highest BCUT2D eigenvalue weighted by molar-refractivity contribution is 5.90. The molecule has 7 nitrogen and oxygen atoms in total. The van der Waals surface area contributed by atoms with Crippen LogP contribution in [0, 0.1) is 13.8 Å². The number of amides is 1. The van der Waals surface area contributed by atoms with Crippen LogP contribution >= 0.6 is 0 Å². The highest BCUT2D eigenvalue weighted by Gasteiger charge is 2.08. The summed E-state index contributed by atoms with van der Waals surface area (Å²) in [5.41, 5.74) is 2.69. The molecule has 0 unspecified atom stereocenters. The molecule has 0 aliphatic rings. The van der Waals surface area contributed by atoms with E-state index in [4.69, 9.17) is 4.74 Å².